The Hall–Kier alpha value is -3.66. The molecule has 0 radical (unpaired) electrons. The lowest BCUT2D eigenvalue weighted by atomic mass is 9.94. The maximum absolute atomic E-state index is 14.3. The fourth-order valence-electron chi connectivity index (χ4n) is 4.48. The van der Waals surface area contributed by atoms with E-state index < -0.39 is 62.4 Å². The molecule has 1 fully saturated rings. The lowest BCUT2D eigenvalue weighted by Crippen LogP contribution is -2.54. The van der Waals surface area contributed by atoms with Crippen LogP contribution in [0.4, 0.5) is 0 Å². The highest BCUT2D eigenvalue weighted by Gasteiger charge is 2.57. The van der Waals surface area contributed by atoms with E-state index in [0.717, 1.165) is 11.6 Å². The number of nitrogens with zero attached hydrogens (tertiary/aromatic N) is 1. The van der Waals surface area contributed by atoms with E-state index in [2.05, 4.69) is 22.9 Å². The van der Waals surface area contributed by atoms with Crippen molar-refractivity contribution in [3.8, 4) is 18.1 Å². The molecule has 2 aliphatic heterocycles. The summed E-state index contributed by atoms with van der Waals surface area (Å²) in [6, 6.07) is 13.7. The number of esters is 1. The minimum Gasteiger partial charge on any atom is -0.462 e. The van der Waals surface area contributed by atoms with Gasteiger partial charge in [0.2, 0.25) is 0 Å². The zero-order valence-corrected chi connectivity index (χ0v) is 25.6. The highest BCUT2D eigenvalue weighted by molar-refractivity contribution is 7.52. The number of carbonyl (C=O) groups excluding carboxylic acids is 2. The van der Waals surface area contributed by atoms with Gasteiger partial charge in [-0.05, 0) is 50.1 Å². The predicted octanol–water partition coefficient (Wildman–Crippen LogP) is 2.86. The van der Waals surface area contributed by atoms with Gasteiger partial charge in [-0.15, -0.1) is 6.42 Å². The van der Waals surface area contributed by atoms with E-state index in [1.807, 2.05) is 6.07 Å². The summed E-state index contributed by atoms with van der Waals surface area (Å²) < 4.78 is 37.1. The van der Waals surface area contributed by atoms with Gasteiger partial charge in [-0.25, -0.2) is 4.57 Å². The van der Waals surface area contributed by atoms with Crippen molar-refractivity contribution in [3.63, 3.8) is 0 Å². The van der Waals surface area contributed by atoms with Gasteiger partial charge in [0.1, 0.15) is 29.8 Å². The van der Waals surface area contributed by atoms with Crippen LogP contribution in [0, 0.1) is 12.3 Å². The number of ether oxygens (including phenoxy) is 2. The van der Waals surface area contributed by atoms with Crippen LogP contribution < -0.4 is 14.9 Å². The second-order valence-electron chi connectivity index (χ2n) is 10.3. The van der Waals surface area contributed by atoms with Gasteiger partial charge in [0, 0.05) is 17.3 Å². The fraction of sp³-hybridized carbons (Fsp3) is 0.333. The smallest absolute Gasteiger partial charge is 0.459 e. The summed E-state index contributed by atoms with van der Waals surface area (Å²) in [6.07, 6.45) is 3.15. The van der Waals surface area contributed by atoms with Crippen LogP contribution in [-0.2, 0) is 34.6 Å². The zero-order valence-electron chi connectivity index (χ0n) is 24.0. The summed E-state index contributed by atoms with van der Waals surface area (Å²) in [5.41, 5.74) is -1.56. The number of hydrogen-bond acceptors (Lipinski definition) is 10. The molecular formula is C30H33ClN3O9P. The molecule has 44 heavy (non-hydrogen) atoms. The number of benzene rings is 2. The number of terminal acetylenes is 1. The van der Waals surface area contributed by atoms with Gasteiger partial charge in [0.05, 0.1) is 12.7 Å². The van der Waals surface area contributed by atoms with Crippen LogP contribution in [-0.4, -0.2) is 69.8 Å². The minimum atomic E-state index is -4.47. The highest BCUT2D eigenvalue weighted by Crippen LogP contribution is 2.47. The molecule has 1 amide bonds. The van der Waals surface area contributed by atoms with Crippen molar-refractivity contribution in [2.45, 2.75) is 56.5 Å². The quantitative estimate of drug-likeness (QED) is 0.153. The predicted molar refractivity (Wildman–Crippen MR) is 161 cm³/mol. The van der Waals surface area contributed by atoms with E-state index in [9.17, 15) is 24.4 Å². The Balaban J connectivity index is 1.60. The van der Waals surface area contributed by atoms with E-state index in [0.29, 0.717) is 5.02 Å². The summed E-state index contributed by atoms with van der Waals surface area (Å²) in [6.45, 7) is 6.46. The maximum atomic E-state index is 14.3. The lowest BCUT2D eigenvalue weighted by molar-refractivity contribution is -0.149. The van der Waals surface area contributed by atoms with Crippen LogP contribution >= 0.6 is 19.3 Å². The second-order valence-corrected chi connectivity index (χ2v) is 12.4. The molecule has 1 unspecified atom stereocenters. The molecular weight excluding hydrogens is 613 g/mol. The first kappa shape index (κ1) is 33.2. The number of aliphatic hydroxyl groups excluding tert-OH is 1. The monoisotopic (exact) mass is 645 g/mol. The molecule has 234 valence electrons. The number of amides is 1. The normalized spacial score (nSPS) is 25.2. The van der Waals surface area contributed by atoms with Gasteiger partial charge in [0.15, 0.2) is 11.8 Å². The van der Waals surface area contributed by atoms with Crippen LogP contribution in [0.5, 0.6) is 5.75 Å². The first-order chi connectivity index (χ1) is 20.8. The average molecular weight is 646 g/mol. The number of aliphatic hydroxyl groups is 2. The number of rotatable bonds is 12. The Bertz CT molecular complexity index is 1480. The first-order valence-electron chi connectivity index (χ1n) is 13.6. The van der Waals surface area contributed by atoms with E-state index in [1.54, 1.807) is 38.1 Å². The lowest BCUT2D eigenvalue weighted by Gasteiger charge is -2.36. The Morgan fingerprint density at radius 2 is 1.95 bits per heavy atom. The van der Waals surface area contributed by atoms with Crippen molar-refractivity contribution in [1.29, 1.82) is 0 Å². The van der Waals surface area contributed by atoms with E-state index in [4.69, 9.17) is 36.5 Å². The zero-order chi connectivity index (χ0) is 32.1. The van der Waals surface area contributed by atoms with E-state index in [1.165, 1.54) is 35.4 Å². The summed E-state index contributed by atoms with van der Waals surface area (Å²) in [5.74, 6) is 1.11. The van der Waals surface area contributed by atoms with Crippen molar-refractivity contribution in [1.82, 2.24) is 15.3 Å². The molecule has 0 aromatic heterocycles. The summed E-state index contributed by atoms with van der Waals surface area (Å²) in [7, 11) is -4.47. The molecule has 0 aliphatic carbocycles. The van der Waals surface area contributed by atoms with Gasteiger partial charge in [-0.3, -0.25) is 14.1 Å². The maximum Gasteiger partial charge on any atom is 0.459 e. The molecule has 0 spiro atoms. The minimum absolute atomic E-state index is 0.0378. The third kappa shape index (κ3) is 7.88. The summed E-state index contributed by atoms with van der Waals surface area (Å²) in [4.78, 5) is 26.1. The molecule has 2 aliphatic rings. The Morgan fingerprint density at radius 3 is 2.57 bits per heavy atom. The first-order valence-corrected chi connectivity index (χ1v) is 15.5. The Labute approximate surface area is 260 Å². The Kier molecular flexibility index (Phi) is 10.6. The molecule has 14 heteroatoms. The van der Waals surface area contributed by atoms with Gasteiger partial charge >= 0.3 is 13.7 Å². The van der Waals surface area contributed by atoms with Crippen LogP contribution in [0.25, 0.3) is 0 Å². The van der Waals surface area contributed by atoms with Gasteiger partial charge < -0.3 is 34.4 Å². The molecule has 2 aromatic carbocycles. The van der Waals surface area contributed by atoms with Crippen molar-refractivity contribution in [3.05, 3.63) is 89.9 Å². The standard InChI is InChI=1S/C30H33ClN3O9P/c1-5-30(38)27(36)25(42-29(30)34-16-15-26(35)32-20(34)4)18-40-44(39,43-23-13-11-22(31)12-14-23)33-24(28(37)41-19(2)3)17-21-9-7-6-8-10-21/h1,6-16,19,24-25,27,29,36,38H,4,17-18H2,2-3H3,(H,32,35)(H,33,39)/t24-,25+,27+,29+,30+,44?/m0/s1. The van der Waals surface area contributed by atoms with Crippen molar-refractivity contribution < 1.29 is 42.9 Å². The number of hydrogen-bond donors (Lipinski definition) is 4. The third-order valence-electron chi connectivity index (χ3n) is 6.61. The fourth-order valence-corrected chi connectivity index (χ4v) is 6.10. The third-order valence-corrected chi connectivity index (χ3v) is 8.43. The van der Waals surface area contributed by atoms with Gasteiger partial charge in [-0.1, -0.05) is 54.4 Å². The van der Waals surface area contributed by atoms with Crippen molar-refractivity contribution in [2.24, 2.45) is 0 Å². The SMILES string of the molecule is C#C[C@@]1(O)[C@H](O)[C@@H](COP(=O)(N[C@@H](Cc2ccccc2)C(=O)OC(C)C)Oc2ccc(Cl)cc2)O[C@H]1N1C=CC(=O)NC1=C. The van der Waals surface area contributed by atoms with E-state index in [-0.39, 0.29) is 18.0 Å². The second kappa shape index (κ2) is 14.0. The number of carbonyl (C=O) groups is 2. The number of nitrogens with one attached hydrogen (secondary N) is 2. The van der Waals surface area contributed by atoms with Crippen LogP contribution in [0.3, 0.4) is 0 Å². The molecule has 2 aromatic rings. The number of halogens is 1. The van der Waals surface area contributed by atoms with Crippen LogP contribution in [0.1, 0.15) is 19.4 Å². The molecule has 4 rings (SSSR count). The molecule has 2 heterocycles. The van der Waals surface area contributed by atoms with Gasteiger partial charge in [-0.2, -0.15) is 5.09 Å². The van der Waals surface area contributed by atoms with E-state index >= 15 is 0 Å². The summed E-state index contributed by atoms with van der Waals surface area (Å²) in [5, 5.41) is 27.8. The van der Waals surface area contributed by atoms with Gasteiger partial charge in [0.25, 0.3) is 5.91 Å². The Morgan fingerprint density at radius 1 is 1.27 bits per heavy atom. The molecule has 0 bridgehead atoms. The molecule has 1 saturated heterocycles. The molecule has 6 atom stereocenters. The summed E-state index contributed by atoms with van der Waals surface area (Å²) >= 11 is 5.99. The van der Waals surface area contributed by atoms with Crippen LogP contribution in [0.2, 0.25) is 5.02 Å². The molecule has 12 nitrogen and oxygen atoms in total. The van der Waals surface area contributed by atoms with Crippen molar-refractivity contribution in [2.75, 3.05) is 6.61 Å². The topological polar surface area (TPSA) is 156 Å². The highest BCUT2D eigenvalue weighted by atomic mass is 35.5. The largest absolute Gasteiger partial charge is 0.462 e. The average Bonchev–Trinajstić information content (AvgIpc) is 3.23. The molecule has 4 N–H and O–H groups in total. The molecule has 0 saturated carbocycles. The van der Waals surface area contributed by atoms with Crippen molar-refractivity contribution >= 4 is 31.2 Å². The van der Waals surface area contributed by atoms with Crippen LogP contribution in [0.15, 0.2) is 79.3 Å².